The predicted molar refractivity (Wildman–Crippen MR) is 203 cm³/mol. The normalized spacial score (nSPS) is 22.5. The molecular formula is C46H44F3NO2. The van der Waals surface area contributed by atoms with Gasteiger partial charge in [-0.15, -0.1) is 0 Å². The number of benzene rings is 5. The van der Waals surface area contributed by atoms with E-state index in [9.17, 15) is 13.2 Å². The maximum atomic E-state index is 14.5. The first-order valence-corrected chi connectivity index (χ1v) is 18.5. The lowest BCUT2D eigenvalue weighted by atomic mass is 9.52. The molecule has 0 N–H and O–H groups in total. The van der Waals surface area contributed by atoms with Crippen molar-refractivity contribution in [1.29, 1.82) is 0 Å². The fourth-order valence-electron chi connectivity index (χ4n) is 10.7. The molecule has 2 fully saturated rings. The van der Waals surface area contributed by atoms with Crippen molar-refractivity contribution < 1.29 is 22.6 Å². The van der Waals surface area contributed by atoms with Gasteiger partial charge >= 0.3 is 6.18 Å². The predicted octanol–water partition coefficient (Wildman–Crippen LogP) is 11.5. The number of alkyl halides is 3. The second-order valence-corrected chi connectivity index (χ2v) is 16.9. The summed E-state index contributed by atoms with van der Waals surface area (Å²) in [7, 11) is 0. The van der Waals surface area contributed by atoms with Crippen molar-refractivity contribution in [2.75, 3.05) is 31.2 Å². The molecule has 2 aliphatic heterocycles. The van der Waals surface area contributed by atoms with Gasteiger partial charge in [-0.1, -0.05) is 107 Å². The van der Waals surface area contributed by atoms with E-state index in [0.29, 0.717) is 13.2 Å². The van der Waals surface area contributed by atoms with Crippen molar-refractivity contribution in [3.63, 3.8) is 0 Å². The number of fused-ring (bicyclic) bond motifs is 10. The number of hydrogen-bond acceptors (Lipinski definition) is 3. The van der Waals surface area contributed by atoms with Gasteiger partial charge in [-0.3, -0.25) is 0 Å². The van der Waals surface area contributed by atoms with Crippen molar-refractivity contribution in [2.24, 2.45) is 10.8 Å². The first-order valence-electron chi connectivity index (χ1n) is 18.5. The Morgan fingerprint density at radius 2 is 1.33 bits per heavy atom. The molecule has 2 heterocycles. The summed E-state index contributed by atoms with van der Waals surface area (Å²) >= 11 is 0. The summed E-state index contributed by atoms with van der Waals surface area (Å²) in [6.07, 6.45) is 2.44. The molecule has 2 aliphatic carbocycles. The summed E-state index contributed by atoms with van der Waals surface area (Å²) in [6.45, 7) is 12.3. The van der Waals surface area contributed by atoms with Crippen LogP contribution in [0.5, 0.6) is 5.75 Å². The SMILES string of the molecule is CC1(C)CC(C)(C)CC2(C1)c1cc(C(F)(F)F)ccc1-c1c2c2c(c3ccccc13)OC(c1ccccc1)(c1ccc(N3CCOCC3)cc1)C=C2. The topological polar surface area (TPSA) is 21.7 Å². The Hall–Kier alpha value is -4.55. The summed E-state index contributed by atoms with van der Waals surface area (Å²) < 4.78 is 56.5. The number of halogens is 3. The monoisotopic (exact) mass is 699 g/mol. The largest absolute Gasteiger partial charge is 0.472 e. The number of anilines is 1. The van der Waals surface area contributed by atoms with Gasteiger partial charge in [-0.25, -0.2) is 0 Å². The van der Waals surface area contributed by atoms with Crippen LogP contribution in [0.2, 0.25) is 0 Å². The lowest BCUT2D eigenvalue weighted by Gasteiger charge is -2.52. The third kappa shape index (κ3) is 5.12. The van der Waals surface area contributed by atoms with E-state index in [1.54, 1.807) is 6.07 Å². The molecule has 5 aromatic rings. The lowest BCUT2D eigenvalue weighted by molar-refractivity contribution is -0.137. The Bertz CT molecular complexity index is 2210. The highest BCUT2D eigenvalue weighted by Crippen LogP contribution is 2.67. The van der Waals surface area contributed by atoms with Crippen LogP contribution < -0.4 is 9.64 Å². The van der Waals surface area contributed by atoms with E-state index in [0.717, 1.165) is 93.5 Å². The number of morpholine rings is 1. The Kier molecular flexibility index (Phi) is 7.35. The Labute approximate surface area is 304 Å². The quantitative estimate of drug-likeness (QED) is 0.187. The van der Waals surface area contributed by atoms with E-state index in [4.69, 9.17) is 9.47 Å². The first kappa shape index (κ1) is 33.3. The van der Waals surface area contributed by atoms with E-state index in [1.165, 1.54) is 12.1 Å². The minimum absolute atomic E-state index is 0.108. The summed E-state index contributed by atoms with van der Waals surface area (Å²) in [5.74, 6) is 0.780. The molecule has 266 valence electrons. The average molecular weight is 700 g/mol. The molecule has 52 heavy (non-hydrogen) atoms. The maximum Gasteiger partial charge on any atom is 0.416 e. The summed E-state index contributed by atoms with van der Waals surface area (Å²) in [5.41, 5.74) is 5.63. The molecule has 0 aromatic heterocycles. The molecule has 9 rings (SSSR count). The van der Waals surface area contributed by atoms with Crippen molar-refractivity contribution in [3.8, 4) is 16.9 Å². The summed E-state index contributed by atoms with van der Waals surface area (Å²) in [6, 6.07) is 31.8. The van der Waals surface area contributed by atoms with Crippen LogP contribution in [0.25, 0.3) is 28.0 Å². The molecule has 4 aliphatic rings. The fraction of sp³-hybridized carbons (Fsp3) is 0.348. The second kappa shape index (κ2) is 11.5. The molecule has 0 amide bonds. The van der Waals surface area contributed by atoms with Gasteiger partial charge in [0.15, 0.2) is 5.60 Å². The molecular weight excluding hydrogens is 656 g/mol. The molecule has 0 radical (unpaired) electrons. The van der Waals surface area contributed by atoms with Gasteiger partial charge in [0, 0.05) is 46.3 Å². The van der Waals surface area contributed by atoms with Crippen LogP contribution in [0.3, 0.4) is 0 Å². The van der Waals surface area contributed by atoms with Crippen molar-refractivity contribution in [1.82, 2.24) is 0 Å². The summed E-state index contributed by atoms with van der Waals surface area (Å²) in [5, 5.41) is 1.97. The molecule has 1 saturated carbocycles. The molecule has 1 atom stereocenters. The number of hydrogen-bond donors (Lipinski definition) is 0. The Balaban J connectivity index is 1.31. The molecule has 0 bridgehead atoms. The van der Waals surface area contributed by atoms with E-state index in [-0.39, 0.29) is 10.8 Å². The zero-order valence-corrected chi connectivity index (χ0v) is 30.2. The third-order valence-corrected chi connectivity index (χ3v) is 12.0. The van der Waals surface area contributed by atoms with Gasteiger partial charge in [0.1, 0.15) is 5.75 Å². The van der Waals surface area contributed by atoms with Crippen molar-refractivity contribution in [2.45, 2.75) is 64.1 Å². The van der Waals surface area contributed by atoms with Crippen LogP contribution in [-0.2, 0) is 21.9 Å². The van der Waals surface area contributed by atoms with Gasteiger partial charge < -0.3 is 14.4 Å². The van der Waals surface area contributed by atoms with Gasteiger partial charge in [-0.05, 0) is 88.1 Å². The second-order valence-electron chi connectivity index (χ2n) is 16.9. The number of nitrogens with zero attached hydrogens (tertiary/aromatic N) is 1. The molecule has 6 heteroatoms. The van der Waals surface area contributed by atoms with Crippen LogP contribution in [0.15, 0.2) is 103 Å². The van der Waals surface area contributed by atoms with Gasteiger partial charge in [0.2, 0.25) is 0 Å². The smallest absolute Gasteiger partial charge is 0.416 e. The van der Waals surface area contributed by atoms with E-state index < -0.39 is 22.8 Å². The Morgan fingerprint density at radius 3 is 2.00 bits per heavy atom. The highest BCUT2D eigenvalue weighted by Gasteiger charge is 2.56. The molecule has 1 spiro atoms. The van der Waals surface area contributed by atoms with E-state index >= 15 is 0 Å². The Morgan fingerprint density at radius 1 is 0.692 bits per heavy atom. The van der Waals surface area contributed by atoms with Crippen LogP contribution >= 0.6 is 0 Å². The number of ether oxygens (including phenoxy) is 2. The van der Waals surface area contributed by atoms with E-state index in [2.05, 4.69) is 93.3 Å². The van der Waals surface area contributed by atoms with Crippen LogP contribution in [0.1, 0.15) is 80.3 Å². The first-order chi connectivity index (χ1) is 24.8. The van der Waals surface area contributed by atoms with Crippen LogP contribution in [0.4, 0.5) is 18.9 Å². The van der Waals surface area contributed by atoms with Crippen LogP contribution in [-0.4, -0.2) is 26.3 Å². The van der Waals surface area contributed by atoms with E-state index in [1.807, 2.05) is 30.3 Å². The minimum atomic E-state index is -4.44. The third-order valence-electron chi connectivity index (χ3n) is 12.0. The highest BCUT2D eigenvalue weighted by atomic mass is 19.4. The molecule has 5 aromatic carbocycles. The van der Waals surface area contributed by atoms with Crippen molar-refractivity contribution >= 4 is 22.5 Å². The highest BCUT2D eigenvalue weighted by molar-refractivity contribution is 6.08. The maximum absolute atomic E-state index is 14.5. The average Bonchev–Trinajstić information content (AvgIpc) is 3.38. The zero-order valence-electron chi connectivity index (χ0n) is 30.2. The zero-order chi connectivity index (χ0) is 36.1. The molecule has 1 saturated heterocycles. The number of rotatable bonds is 3. The standard InChI is InChI=1S/C46H44F3NO2/c1-42(2)27-43(3,4)29-44(28-42)38-26-32(46(47,48)49)16-19-36(38)39-34-12-8-9-13-35(34)41-37(40(39)44)20-21-45(52-41,30-10-6-5-7-11-30)31-14-17-33(18-15-31)50-22-24-51-25-23-50/h5-21,26H,22-25,27-29H2,1-4H3. The fourth-order valence-corrected chi connectivity index (χ4v) is 10.7. The van der Waals surface area contributed by atoms with Crippen molar-refractivity contribution in [3.05, 3.63) is 137 Å². The van der Waals surface area contributed by atoms with Gasteiger partial charge in [0.05, 0.1) is 18.8 Å². The van der Waals surface area contributed by atoms with Gasteiger partial charge in [-0.2, -0.15) is 13.2 Å². The lowest BCUT2D eigenvalue weighted by Crippen LogP contribution is -2.44. The van der Waals surface area contributed by atoms with Gasteiger partial charge in [0.25, 0.3) is 0 Å². The molecule has 1 unspecified atom stereocenters. The summed E-state index contributed by atoms with van der Waals surface area (Å²) in [4.78, 5) is 2.35. The van der Waals surface area contributed by atoms with Crippen LogP contribution in [0, 0.1) is 10.8 Å². The minimum Gasteiger partial charge on any atom is -0.472 e. The molecule has 3 nitrogen and oxygen atoms in total.